The fraction of sp³-hybridized carbons (Fsp3) is 0.588. The number of piperazine rings is 1. The lowest BCUT2D eigenvalue weighted by molar-refractivity contribution is 0.0799. The highest BCUT2D eigenvalue weighted by molar-refractivity contribution is 5.67. The number of hydrogen-bond donors (Lipinski definition) is 1. The number of ether oxygens (including phenoxy) is 2. The van der Waals surface area contributed by atoms with Crippen LogP contribution in [0.5, 0.6) is 5.75 Å². The van der Waals surface area contributed by atoms with Gasteiger partial charge in [-0.15, -0.1) is 0 Å². The van der Waals surface area contributed by atoms with Crippen LogP contribution in [0, 0.1) is 0 Å². The van der Waals surface area contributed by atoms with Gasteiger partial charge in [-0.3, -0.25) is 4.90 Å². The molecule has 0 saturated carbocycles. The molecule has 1 aromatic rings. The Kier molecular flexibility index (Phi) is 5.23. The van der Waals surface area contributed by atoms with E-state index in [1.165, 1.54) is 5.56 Å². The second-order valence-electron chi connectivity index (χ2n) is 5.88. The molecule has 0 unspecified atom stereocenters. The quantitative estimate of drug-likeness (QED) is 0.917. The number of carbonyl (C=O) groups excluding carboxylic acids is 1. The Labute approximate surface area is 137 Å². The Morgan fingerprint density at radius 3 is 2.91 bits per heavy atom. The van der Waals surface area contributed by atoms with E-state index in [9.17, 15) is 4.79 Å². The van der Waals surface area contributed by atoms with E-state index in [-0.39, 0.29) is 6.09 Å². The molecule has 2 aliphatic rings. The number of anilines is 1. The predicted octanol–water partition coefficient (Wildman–Crippen LogP) is 1.81. The SMILES string of the molecule is CCOC(=O)N1CCN(CCc2ccc3c(c2)NCCO3)CC1. The molecule has 3 rings (SSSR count). The summed E-state index contributed by atoms with van der Waals surface area (Å²) in [5, 5.41) is 3.37. The lowest BCUT2D eigenvalue weighted by atomic mass is 10.1. The molecule has 0 atom stereocenters. The lowest BCUT2D eigenvalue weighted by Gasteiger charge is -2.34. The largest absolute Gasteiger partial charge is 0.490 e. The van der Waals surface area contributed by atoms with Gasteiger partial charge in [0.1, 0.15) is 12.4 Å². The second-order valence-corrected chi connectivity index (χ2v) is 5.88. The minimum atomic E-state index is -0.187. The van der Waals surface area contributed by atoms with Gasteiger partial charge in [0.25, 0.3) is 0 Å². The topological polar surface area (TPSA) is 54.0 Å². The second kappa shape index (κ2) is 7.55. The average molecular weight is 319 g/mol. The summed E-state index contributed by atoms with van der Waals surface area (Å²) in [4.78, 5) is 15.9. The van der Waals surface area contributed by atoms with Gasteiger partial charge >= 0.3 is 6.09 Å². The standard InChI is InChI=1S/C17H25N3O3/c1-2-22-17(21)20-10-8-19(9-11-20)7-5-14-3-4-16-15(13-14)18-6-12-23-16/h3-4,13,18H,2,5-12H2,1H3. The molecular formula is C17H25N3O3. The molecule has 6 heteroatoms. The number of amides is 1. The molecule has 2 aliphatic heterocycles. The van der Waals surface area contributed by atoms with Crippen LogP contribution in [-0.4, -0.2) is 68.4 Å². The maximum atomic E-state index is 11.7. The van der Waals surface area contributed by atoms with Crippen LogP contribution in [0.4, 0.5) is 10.5 Å². The Hall–Kier alpha value is -1.95. The highest BCUT2D eigenvalue weighted by Crippen LogP contribution is 2.28. The number of carbonyl (C=O) groups is 1. The van der Waals surface area contributed by atoms with E-state index >= 15 is 0 Å². The van der Waals surface area contributed by atoms with Crippen LogP contribution in [0.15, 0.2) is 18.2 Å². The van der Waals surface area contributed by atoms with E-state index in [4.69, 9.17) is 9.47 Å². The maximum Gasteiger partial charge on any atom is 0.409 e. The summed E-state index contributed by atoms with van der Waals surface area (Å²) in [5.41, 5.74) is 2.41. The third kappa shape index (κ3) is 4.07. The van der Waals surface area contributed by atoms with Crippen molar-refractivity contribution in [1.29, 1.82) is 0 Å². The van der Waals surface area contributed by atoms with Gasteiger partial charge in [0.05, 0.1) is 12.3 Å². The minimum absolute atomic E-state index is 0.187. The Bertz CT molecular complexity index is 542. The monoisotopic (exact) mass is 319 g/mol. The van der Waals surface area contributed by atoms with Crippen molar-refractivity contribution in [2.75, 3.05) is 57.8 Å². The summed E-state index contributed by atoms with van der Waals surface area (Å²) in [6, 6.07) is 6.37. The first-order chi connectivity index (χ1) is 11.3. The van der Waals surface area contributed by atoms with E-state index in [1.54, 1.807) is 4.90 Å². The van der Waals surface area contributed by atoms with Crippen LogP contribution in [0.3, 0.4) is 0 Å². The molecule has 0 bridgehead atoms. The van der Waals surface area contributed by atoms with Crippen LogP contribution in [0.1, 0.15) is 12.5 Å². The first kappa shape index (κ1) is 15.9. The molecule has 1 N–H and O–H groups in total. The van der Waals surface area contributed by atoms with E-state index in [1.807, 2.05) is 6.92 Å². The van der Waals surface area contributed by atoms with Gasteiger partial charge in [-0.1, -0.05) is 6.07 Å². The zero-order valence-corrected chi connectivity index (χ0v) is 13.7. The van der Waals surface area contributed by atoms with Crippen molar-refractivity contribution in [3.05, 3.63) is 23.8 Å². The number of nitrogens with one attached hydrogen (secondary N) is 1. The van der Waals surface area contributed by atoms with Crippen LogP contribution < -0.4 is 10.1 Å². The zero-order chi connectivity index (χ0) is 16.1. The Balaban J connectivity index is 1.45. The zero-order valence-electron chi connectivity index (χ0n) is 13.7. The molecule has 0 aliphatic carbocycles. The van der Waals surface area contributed by atoms with Gasteiger partial charge in [-0.2, -0.15) is 0 Å². The van der Waals surface area contributed by atoms with Crippen molar-refractivity contribution in [3.8, 4) is 5.75 Å². The first-order valence-electron chi connectivity index (χ1n) is 8.40. The summed E-state index contributed by atoms with van der Waals surface area (Å²) in [5.74, 6) is 0.947. The van der Waals surface area contributed by atoms with Crippen molar-refractivity contribution < 1.29 is 14.3 Å². The van der Waals surface area contributed by atoms with Gasteiger partial charge in [0.2, 0.25) is 0 Å². The summed E-state index contributed by atoms with van der Waals surface area (Å²) in [6.45, 7) is 8.20. The molecule has 23 heavy (non-hydrogen) atoms. The third-order valence-electron chi connectivity index (χ3n) is 4.33. The fourth-order valence-electron chi connectivity index (χ4n) is 3.00. The molecule has 0 spiro atoms. The van der Waals surface area contributed by atoms with Crippen molar-refractivity contribution >= 4 is 11.8 Å². The summed E-state index contributed by atoms with van der Waals surface area (Å²) < 4.78 is 10.7. The number of hydrogen-bond acceptors (Lipinski definition) is 5. The molecule has 6 nitrogen and oxygen atoms in total. The van der Waals surface area contributed by atoms with Crippen molar-refractivity contribution in [1.82, 2.24) is 9.80 Å². The molecular weight excluding hydrogens is 294 g/mol. The number of nitrogens with zero attached hydrogens (tertiary/aromatic N) is 2. The molecule has 1 amide bonds. The molecule has 1 aromatic carbocycles. The number of rotatable bonds is 4. The van der Waals surface area contributed by atoms with E-state index in [2.05, 4.69) is 28.4 Å². The van der Waals surface area contributed by atoms with Gasteiger partial charge in [0.15, 0.2) is 0 Å². The average Bonchev–Trinajstić information content (AvgIpc) is 2.60. The predicted molar refractivity (Wildman–Crippen MR) is 89.2 cm³/mol. The van der Waals surface area contributed by atoms with E-state index in [0.29, 0.717) is 6.61 Å². The molecule has 2 heterocycles. The molecule has 0 aromatic heterocycles. The number of fused-ring (bicyclic) bond motifs is 1. The Morgan fingerprint density at radius 1 is 1.30 bits per heavy atom. The molecule has 126 valence electrons. The highest BCUT2D eigenvalue weighted by Gasteiger charge is 2.21. The maximum absolute atomic E-state index is 11.7. The van der Waals surface area contributed by atoms with E-state index < -0.39 is 0 Å². The Morgan fingerprint density at radius 2 is 2.13 bits per heavy atom. The van der Waals surface area contributed by atoms with Gasteiger partial charge in [-0.25, -0.2) is 4.79 Å². The van der Waals surface area contributed by atoms with E-state index in [0.717, 1.165) is 63.7 Å². The van der Waals surface area contributed by atoms with Crippen molar-refractivity contribution in [2.24, 2.45) is 0 Å². The van der Waals surface area contributed by atoms with Crippen molar-refractivity contribution in [3.63, 3.8) is 0 Å². The minimum Gasteiger partial charge on any atom is -0.490 e. The molecule has 1 saturated heterocycles. The third-order valence-corrected chi connectivity index (χ3v) is 4.33. The lowest BCUT2D eigenvalue weighted by Crippen LogP contribution is -2.49. The fourth-order valence-corrected chi connectivity index (χ4v) is 3.00. The van der Waals surface area contributed by atoms with Crippen LogP contribution in [-0.2, 0) is 11.2 Å². The summed E-state index contributed by atoms with van der Waals surface area (Å²) >= 11 is 0. The van der Waals surface area contributed by atoms with Gasteiger partial charge < -0.3 is 19.7 Å². The first-order valence-corrected chi connectivity index (χ1v) is 8.40. The molecule has 1 fully saturated rings. The van der Waals surface area contributed by atoms with Crippen LogP contribution in [0.25, 0.3) is 0 Å². The number of benzene rings is 1. The summed E-state index contributed by atoms with van der Waals surface area (Å²) in [6.07, 6.45) is 0.821. The van der Waals surface area contributed by atoms with Gasteiger partial charge in [0, 0.05) is 39.3 Å². The van der Waals surface area contributed by atoms with Gasteiger partial charge in [-0.05, 0) is 31.0 Å². The smallest absolute Gasteiger partial charge is 0.409 e. The van der Waals surface area contributed by atoms with Crippen LogP contribution in [0.2, 0.25) is 0 Å². The molecule has 0 radical (unpaired) electrons. The summed E-state index contributed by atoms with van der Waals surface area (Å²) in [7, 11) is 0. The van der Waals surface area contributed by atoms with Crippen LogP contribution >= 0.6 is 0 Å². The normalized spacial score (nSPS) is 17.9. The van der Waals surface area contributed by atoms with Crippen molar-refractivity contribution in [2.45, 2.75) is 13.3 Å². The highest BCUT2D eigenvalue weighted by atomic mass is 16.6.